The second kappa shape index (κ2) is 7.67. The van der Waals surface area contributed by atoms with Crippen molar-refractivity contribution in [1.82, 2.24) is 9.97 Å². The average Bonchev–Trinajstić information content (AvgIpc) is 3.15. The Kier molecular flexibility index (Phi) is 4.91. The zero-order valence-corrected chi connectivity index (χ0v) is 16.5. The molecule has 2 aromatic heterocycles. The molecule has 146 valence electrons. The molecule has 0 aliphatic heterocycles. The summed E-state index contributed by atoms with van der Waals surface area (Å²) in [6.07, 6.45) is 1.41. The number of amides is 1. The van der Waals surface area contributed by atoms with Crippen molar-refractivity contribution in [2.75, 3.05) is 17.7 Å². The highest BCUT2D eigenvalue weighted by molar-refractivity contribution is 5.97. The van der Waals surface area contributed by atoms with Crippen molar-refractivity contribution < 1.29 is 9.53 Å². The number of aromatic amines is 1. The maximum atomic E-state index is 11.8. The van der Waals surface area contributed by atoms with Gasteiger partial charge in [0.2, 0.25) is 0 Å². The molecule has 1 amide bonds. The summed E-state index contributed by atoms with van der Waals surface area (Å²) in [5, 5.41) is 7.32. The highest BCUT2D eigenvalue weighted by atomic mass is 16.5. The number of nitrogens with one attached hydrogen (secondary N) is 3. The highest BCUT2D eigenvalue weighted by Gasteiger charge is 2.10. The molecule has 0 bridgehead atoms. The summed E-state index contributed by atoms with van der Waals surface area (Å²) < 4.78 is 4.76. The Morgan fingerprint density at radius 3 is 2.45 bits per heavy atom. The van der Waals surface area contributed by atoms with E-state index in [0.29, 0.717) is 5.69 Å². The smallest absolute Gasteiger partial charge is 0.411 e. The van der Waals surface area contributed by atoms with Gasteiger partial charge in [-0.3, -0.25) is 10.3 Å². The van der Waals surface area contributed by atoms with Gasteiger partial charge in [0.15, 0.2) is 0 Å². The number of methoxy groups -OCH3 is 1. The molecule has 4 aromatic rings. The number of benzene rings is 2. The normalized spacial score (nSPS) is 10.7. The lowest BCUT2D eigenvalue weighted by Crippen LogP contribution is -2.11. The van der Waals surface area contributed by atoms with Gasteiger partial charge >= 0.3 is 6.09 Å². The fourth-order valence-electron chi connectivity index (χ4n) is 3.51. The van der Waals surface area contributed by atoms with E-state index in [-0.39, 0.29) is 0 Å². The van der Waals surface area contributed by atoms with E-state index in [4.69, 9.17) is 4.74 Å². The van der Waals surface area contributed by atoms with Crippen molar-refractivity contribution in [3.8, 4) is 11.1 Å². The number of ether oxygens (including phenoxy) is 1. The van der Waals surface area contributed by atoms with Crippen molar-refractivity contribution in [2.24, 2.45) is 0 Å². The van der Waals surface area contributed by atoms with Gasteiger partial charge in [-0.2, -0.15) is 0 Å². The molecule has 0 saturated carbocycles. The van der Waals surface area contributed by atoms with Gasteiger partial charge in [-0.05, 0) is 67.4 Å². The lowest BCUT2D eigenvalue weighted by atomic mass is 10.0. The molecular weight excluding hydrogens is 364 g/mol. The van der Waals surface area contributed by atoms with Crippen molar-refractivity contribution in [2.45, 2.75) is 13.8 Å². The number of pyridine rings is 1. The minimum Gasteiger partial charge on any atom is -0.453 e. The van der Waals surface area contributed by atoms with E-state index in [2.05, 4.69) is 32.7 Å². The van der Waals surface area contributed by atoms with Crippen LogP contribution in [0.3, 0.4) is 0 Å². The van der Waals surface area contributed by atoms with Gasteiger partial charge in [0.25, 0.3) is 0 Å². The van der Waals surface area contributed by atoms with Crippen LogP contribution in [0.15, 0.2) is 60.8 Å². The maximum Gasteiger partial charge on any atom is 0.411 e. The van der Waals surface area contributed by atoms with E-state index in [1.54, 1.807) is 0 Å². The number of nitrogens with zero attached hydrogens (tertiary/aromatic N) is 1. The average molecular weight is 386 g/mol. The second-order valence-corrected chi connectivity index (χ2v) is 6.92. The summed E-state index contributed by atoms with van der Waals surface area (Å²) in [4.78, 5) is 19.5. The molecule has 0 atom stereocenters. The number of hydrogen-bond donors (Lipinski definition) is 3. The minimum atomic E-state index is -0.511. The number of carbonyl (C=O) groups excluding carboxylic acids is 1. The Bertz CT molecular complexity index is 1180. The number of rotatable bonds is 4. The molecule has 0 aliphatic rings. The fourth-order valence-corrected chi connectivity index (χ4v) is 3.51. The van der Waals surface area contributed by atoms with Crippen LogP contribution in [0.4, 0.5) is 21.9 Å². The van der Waals surface area contributed by atoms with Crippen LogP contribution in [-0.4, -0.2) is 23.2 Å². The first-order valence-corrected chi connectivity index (χ1v) is 9.31. The van der Waals surface area contributed by atoms with Crippen LogP contribution in [-0.2, 0) is 4.74 Å². The molecule has 3 N–H and O–H groups in total. The largest absolute Gasteiger partial charge is 0.453 e. The second-order valence-electron chi connectivity index (χ2n) is 6.92. The van der Waals surface area contributed by atoms with E-state index in [9.17, 15) is 4.79 Å². The lowest BCUT2D eigenvalue weighted by molar-refractivity contribution is 0.187. The Labute approximate surface area is 168 Å². The molecule has 6 nitrogen and oxygen atoms in total. The van der Waals surface area contributed by atoms with Gasteiger partial charge in [-0.15, -0.1) is 0 Å². The SMILES string of the molecule is COC(=O)Nc1cc(Nc2cc(C)nc(C)c2)cc(-c2cccc3[nH]ccc23)c1. The van der Waals surface area contributed by atoms with E-state index in [0.717, 1.165) is 44.8 Å². The molecule has 2 heterocycles. The summed E-state index contributed by atoms with van der Waals surface area (Å²) >= 11 is 0. The monoisotopic (exact) mass is 386 g/mol. The Balaban J connectivity index is 1.80. The first kappa shape index (κ1) is 18.6. The van der Waals surface area contributed by atoms with Gasteiger partial charge in [0.1, 0.15) is 0 Å². The molecule has 0 spiro atoms. The molecule has 29 heavy (non-hydrogen) atoms. The van der Waals surface area contributed by atoms with Crippen LogP contribution >= 0.6 is 0 Å². The molecule has 2 aromatic carbocycles. The van der Waals surface area contributed by atoms with Crippen molar-refractivity contribution in [3.63, 3.8) is 0 Å². The number of aromatic nitrogens is 2. The minimum absolute atomic E-state index is 0.511. The fraction of sp³-hybridized carbons (Fsp3) is 0.130. The summed E-state index contributed by atoms with van der Waals surface area (Å²) in [6, 6.07) is 18.0. The van der Waals surface area contributed by atoms with Crippen molar-refractivity contribution >= 4 is 34.1 Å². The standard InChI is InChI=1S/C23H22N4O2/c1-14-9-17(10-15(2)25-14)26-18-11-16(12-19(13-18)27-23(28)29-3)20-5-4-6-22-21(20)7-8-24-22/h4-13,24H,1-3H3,(H,25,26)(H,27,28). The molecule has 0 radical (unpaired) electrons. The first-order chi connectivity index (χ1) is 14.0. The quantitative estimate of drug-likeness (QED) is 0.416. The highest BCUT2D eigenvalue weighted by Crippen LogP contribution is 2.33. The van der Waals surface area contributed by atoms with E-state index >= 15 is 0 Å². The van der Waals surface area contributed by atoms with E-state index in [1.807, 2.05) is 62.5 Å². The number of hydrogen-bond acceptors (Lipinski definition) is 4. The van der Waals surface area contributed by atoms with Crippen LogP contribution in [0, 0.1) is 13.8 Å². The topological polar surface area (TPSA) is 79.0 Å². The van der Waals surface area contributed by atoms with Crippen molar-refractivity contribution in [3.05, 3.63) is 72.2 Å². The maximum absolute atomic E-state index is 11.8. The molecule has 0 aliphatic carbocycles. The van der Waals surface area contributed by atoms with E-state index < -0.39 is 6.09 Å². The lowest BCUT2D eigenvalue weighted by Gasteiger charge is -2.14. The van der Waals surface area contributed by atoms with Gasteiger partial charge < -0.3 is 15.0 Å². The predicted molar refractivity (Wildman–Crippen MR) is 117 cm³/mol. The third kappa shape index (κ3) is 4.06. The number of aryl methyl sites for hydroxylation is 2. The summed E-state index contributed by atoms with van der Waals surface area (Å²) in [5.74, 6) is 0. The third-order valence-corrected chi connectivity index (χ3v) is 4.64. The molecule has 4 rings (SSSR count). The summed E-state index contributed by atoms with van der Waals surface area (Å²) in [6.45, 7) is 3.93. The number of fused-ring (bicyclic) bond motifs is 1. The van der Waals surface area contributed by atoms with Crippen LogP contribution in [0.25, 0.3) is 22.0 Å². The summed E-state index contributed by atoms with van der Waals surface area (Å²) in [7, 11) is 1.35. The van der Waals surface area contributed by atoms with Crippen LogP contribution in [0.5, 0.6) is 0 Å². The van der Waals surface area contributed by atoms with Gasteiger partial charge in [0, 0.05) is 45.5 Å². The Morgan fingerprint density at radius 1 is 0.966 bits per heavy atom. The van der Waals surface area contributed by atoms with E-state index in [1.165, 1.54) is 7.11 Å². The zero-order chi connectivity index (χ0) is 20.4. The molecule has 0 saturated heterocycles. The third-order valence-electron chi connectivity index (χ3n) is 4.64. The predicted octanol–water partition coefficient (Wildman–Crippen LogP) is 5.77. The number of anilines is 3. The molecule has 0 unspecified atom stereocenters. The zero-order valence-electron chi connectivity index (χ0n) is 16.5. The van der Waals surface area contributed by atoms with Crippen LogP contribution in [0.1, 0.15) is 11.4 Å². The molecule has 6 heteroatoms. The van der Waals surface area contributed by atoms with Gasteiger partial charge in [-0.1, -0.05) is 12.1 Å². The number of carbonyl (C=O) groups is 1. The van der Waals surface area contributed by atoms with Gasteiger partial charge in [0.05, 0.1) is 7.11 Å². The van der Waals surface area contributed by atoms with Crippen LogP contribution in [0.2, 0.25) is 0 Å². The first-order valence-electron chi connectivity index (χ1n) is 9.31. The Hall–Kier alpha value is -3.80. The molecule has 0 fully saturated rings. The Morgan fingerprint density at radius 2 is 1.69 bits per heavy atom. The number of H-pyrrole nitrogens is 1. The van der Waals surface area contributed by atoms with Crippen molar-refractivity contribution in [1.29, 1.82) is 0 Å². The van der Waals surface area contributed by atoms with Gasteiger partial charge in [-0.25, -0.2) is 4.79 Å². The summed E-state index contributed by atoms with van der Waals surface area (Å²) in [5.41, 5.74) is 7.43. The van der Waals surface area contributed by atoms with Crippen LogP contribution < -0.4 is 10.6 Å². The molecular formula is C23H22N4O2.